The topological polar surface area (TPSA) is 42.7 Å². The molecule has 102 valence electrons. The molecule has 0 aliphatic carbocycles. The Balaban J connectivity index is 1.90. The number of likely N-dealkylation sites (N-methyl/N-ethyl adjacent to an activating group) is 1. The average Bonchev–Trinajstić information content (AvgIpc) is 2.91. The molecular weight excluding hydrogens is 236 g/mol. The van der Waals surface area contributed by atoms with Gasteiger partial charge in [-0.1, -0.05) is 30.3 Å². The number of hydrogen-bond donors (Lipinski definition) is 1. The van der Waals surface area contributed by atoms with Crippen LogP contribution in [0.25, 0.3) is 0 Å². The Bertz CT molecular complexity index is 478. The van der Waals surface area contributed by atoms with Crippen molar-refractivity contribution >= 4 is 0 Å². The first-order chi connectivity index (χ1) is 9.33. The number of hydrogen-bond acceptors (Lipinski definition) is 3. The third-order valence-corrected chi connectivity index (χ3v) is 3.46. The van der Waals surface area contributed by atoms with E-state index in [9.17, 15) is 0 Å². The van der Waals surface area contributed by atoms with E-state index in [1.807, 2.05) is 11.7 Å². The highest BCUT2D eigenvalue weighted by Gasteiger charge is 2.11. The van der Waals surface area contributed by atoms with E-state index in [1.165, 1.54) is 5.56 Å². The summed E-state index contributed by atoms with van der Waals surface area (Å²) < 4.78 is 1.97. The monoisotopic (exact) mass is 258 g/mol. The highest BCUT2D eigenvalue weighted by atomic mass is 15.3. The van der Waals surface area contributed by atoms with E-state index in [0.29, 0.717) is 6.04 Å². The minimum atomic E-state index is 0.440. The first-order valence-corrected chi connectivity index (χ1v) is 6.91. The Hall–Kier alpha value is -1.68. The van der Waals surface area contributed by atoms with Crippen LogP contribution in [0, 0.1) is 0 Å². The first kappa shape index (κ1) is 13.7. The van der Waals surface area contributed by atoms with Gasteiger partial charge in [0.2, 0.25) is 0 Å². The number of nitrogens with zero attached hydrogens (tertiary/aromatic N) is 3. The fraction of sp³-hybridized carbons (Fsp3) is 0.467. The molecule has 0 bridgehead atoms. The maximum absolute atomic E-state index is 4.34. The van der Waals surface area contributed by atoms with Gasteiger partial charge in [0, 0.05) is 19.0 Å². The van der Waals surface area contributed by atoms with Gasteiger partial charge < -0.3 is 5.32 Å². The smallest absolute Gasteiger partial charge is 0.138 e. The molecule has 2 aromatic rings. The Labute approximate surface area is 114 Å². The summed E-state index contributed by atoms with van der Waals surface area (Å²) in [4.78, 5) is 4.34. The second-order valence-corrected chi connectivity index (χ2v) is 4.71. The Kier molecular flexibility index (Phi) is 5.10. The molecule has 19 heavy (non-hydrogen) atoms. The molecule has 0 saturated heterocycles. The highest BCUT2D eigenvalue weighted by Crippen LogP contribution is 2.08. The van der Waals surface area contributed by atoms with E-state index in [0.717, 1.165) is 31.6 Å². The van der Waals surface area contributed by atoms with Crippen LogP contribution in [0.15, 0.2) is 36.7 Å². The van der Waals surface area contributed by atoms with E-state index in [-0.39, 0.29) is 0 Å². The standard InChI is InChI=1S/C15H22N4/c1-3-19-15(17-12-18-19)11-14(16-2)10-9-13-7-5-4-6-8-13/h4-8,12,14,16H,3,9-11H2,1-2H3. The van der Waals surface area contributed by atoms with Gasteiger partial charge in [-0.05, 0) is 32.4 Å². The van der Waals surface area contributed by atoms with Crippen LogP contribution in [-0.4, -0.2) is 27.9 Å². The van der Waals surface area contributed by atoms with Crippen molar-refractivity contribution in [3.8, 4) is 0 Å². The number of rotatable bonds is 7. The number of nitrogens with one attached hydrogen (secondary N) is 1. The molecule has 1 aromatic carbocycles. The normalized spacial score (nSPS) is 12.5. The second-order valence-electron chi connectivity index (χ2n) is 4.71. The summed E-state index contributed by atoms with van der Waals surface area (Å²) in [6.07, 6.45) is 4.77. The molecule has 0 saturated carbocycles. The van der Waals surface area contributed by atoms with Crippen LogP contribution < -0.4 is 5.32 Å². The van der Waals surface area contributed by atoms with Crippen molar-refractivity contribution in [2.45, 2.75) is 38.8 Å². The van der Waals surface area contributed by atoms with Gasteiger partial charge in [-0.15, -0.1) is 0 Å². The molecular formula is C15H22N4. The average molecular weight is 258 g/mol. The molecule has 4 heteroatoms. The van der Waals surface area contributed by atoms with Gasteiger partial charge in [0.15, 0.2) is 0 Å². The van der Waals surface area contributed by atoms with Gasteiger partial charge in [0.25, 0.3) is 0 Å². The SMILES string of the molecule is CCn1ncnc1CC(CCc1ccccc1)NC. The van der Waals surface area contributed by atoms with Crippen molar-refractivity contribution in [1.29, 1.82) is 0 Å². The molecule has 0 amide bonds. The zero-order valence-corrected chi connectivity index (χ0v) is 11.7. The summed E-state index contributed by atoms with van der Waals surface area (Å²) in [5.41, 5.74) is 1.39. The van der Waals surface area contributed by atoms with Gasteiger partial charge in [-0.3, -0.25) is 4.68 Å². The maximum atomic E-state index is 4.34. The molecule has 1 atom stereocenters. The molecule has 1 heterocycles. The van der Waals surface area contributed by atoms with Crippen LogP contribution in [0.5, 0.6) is 0 Å². The molecule has 0 fully saturated rings. The Morgan fingerprint density at radius 1 is 1.26 bits per heavy atom. The third-order valence-electron chi connectivity index (χ3n) is 3.46. The molecule has 0 aliphatic heterocycles. The lowest BCUT2D eigenvalue weighted by molar-refractivity contribution is 0.488. The van der Waals surface area contributed by atoms with Crippen molar-refractivity contribution in [2.75, 3.05) is 7.05 Å². The molecule has 0 radical (unpaired) electrons. The molecule has 4 nitrogen and oxygen atoms in total. The summed E-state index contributed by atoms with van der Waals surface area (Å²) in [7, 11) is 2.02. The van der Waals surface area contributed by atoms with Gasteiger partial charge in [0.1, 0.15) is 12.2 Å². The minimum absolute atomic E-state index is 0.440. The lowest BCUT2D eigenvalue weighted by Crippen LogP contribution is -2.29. The van der Waals surface area contributed by atoms with Crippen molar-refractivity contribution in [3.05, 3.63) is 48.0 Å². The van der Waals surface area contributed by atoms with Crippen LogP contribution in [0.4, 0.5) is 0 Å². The van der Waals surface area contributed by atoms with Crippen molar-refractivity contribution in [3.63, 3.8) is 0 Å². The largest absolute Gasteiger partial charge is 0.317 e. The predicted octanol–water partition coefficient (Wildman–Crippen LogP) is 2.06. The van der Waals surface area contributed by atoms with Crippen LogP contribution >= 0.6 is 0 Å². The summed E-state index contributed by atoms with van der Waals surface area (Å²) in [5, 5.41) is 7.60. The summed E-state index contributed by atoms with van der Waals surface area (Å²) >= 11 is 0. The summed E-state index contributed by atoms with van der Waals surface area (Å²) in [5.74, 6) is 1.06. The Morgan fingerprint density at radius 2 is 2.05 bits per heavy atom. The first-order valence-electron chi connectivity index (χ1n) is 6.91. The number of aryl methyl sites for hydroxylation is 2. The highest BCUT2D eigenvalue weighted by molar-refractivity contribution is 5.14. The molecule has 2 rings (SSSR count). The molecule has 0 spiro atoms. The zero-order valence-electron chi connectivity index (χ0n) is 11.7. The van der Waals surface area contributed by atoms with E-state index < -0.39 is 0 Å². The van der Waals surface area contributed by atoms with Crippen LogP contribution in [0.2, 0.25) is 0 Å². The van der Waals surface area contributed by atoms with E-state index >= 15 is 0 Å². The van der Waals surface area contributed by atoms with Crippen LogP contribution in [0.1, 0.15) is 24.7 Å². The van der Waals surface area contributed by atoms with Gasteiger partial charge >= 0.3 is 0 Å². The lowest BCUT2D eigenvalue weighted by Gasteiger charge is -2.16. The number of aromatic nitrogens is 3. The molecule has 1 unspecified atom stereocenters. The maximum Gasteiger partial charge on any atom is 0.138 e. The Morgan fingerprint density at radius 3 is 2.74 bits per heavy atom. The fourth-order valence-corrected chi connectivity index (χ4v) is 2.26. The van der Waals surface area contributed by atoms with E-state index in [4.69, 9.17) is 0 Å². The van der Waals surface area contributed by atoms with Gasteiger partial charge in [0.05, 0.1) is 0 Å². The van der Waals surface area contributed by atoms with E-state index in [1.54, 1.807) is 6.33 Å². The van der Waals surface area contributed by atoms with Crippen LogP contribution in [0.3, 0.4) is 0 Å². The van der Waals surface area contributed by atoms with Crippen molar-refractivity contribution < 1.29 is 0 Å². The summed E-state index contributed by atoms with van der Waals surface area (Å²) in [6.45, 7) is 2.97. The zero-order chi connectivity index (χ0) is 13.5. The lowest BCUT2D eigenvalue weighted by atomic mass is 10.0. The molecule has 0 aliphatic rings. The quantitative estimate of drug-likeness (QED) is 0.826. The van der Waals surface area contributed by atoms with Gasteiger partial charge in [-0.25, -0.2) is 4.98 Å². The fourth-order valence-electron chi connectivity index (χ4n) is 2.26. The predicted molar refractivity (Wildman–Crippen MR) is 77.0 cm³/mol. The summed E-state index contributed by atoms with van der Waals surface area (Å²) in [6, 6.07) is 11.1. The second kappa shape index (κ2) is 7.04. The molecule has 1 N–H and O–H groups in total. The van der Waals surface area contributed by atoms with Gasteiger partial charge in [-0.2, -0.15) is 5.10 Å². The van der Waals surface area contributed by atoms with Crippen molar-refractivity contribution in [1.82, 2.24) is 20.1 Å². The number of benzene rings is 1. The molecule has 1 aromatic heterocycles. The van der Waals surface area contributed by atoms with E-state index in [2.05, 4.69) is 52.7 Å². The van der Waals surface area contributed by atoms with Crippen LogP contribution in [-0.2, 0) is 19.4 Å². The minimum Gasteiger partial charge on any atom is -0.317 e. The third kappa shape index (κ3) is 3.89. The van der Waals surface area contributed by atoms with Crippen molar-refractivity contribution in [2.24, 2.45) is 0 Å².